The van der Waals surface area contributed by atoms with Gasteiger partial charge in [0, 0.05) is 20.9 Å². The Hall–Kier alpha value is -2.78. The molecule has 1 aromatic heterocycles. The van der Waals surface area contributed by atoms with E-state index in [0.717, 1.165) is 20.9 Å². The molecule has 0 fully saturated rings. The minimum Gasteiger partial charge on any atom is -0.496 e. The number of hydrogen-bond donors (Lipinski definition) is 1. The second-order valence-corrected chi connectivity index (χ2v) is 6.18. The van der Waals surface area contributed by atoms with Crippen LogP contribution in [0.15, 0.2) is 46.9 Å². The molecular formula is C18H13BrN2O3. The highest BCUT2D eigenvalue weighted by molar-refractivity contribution is 9.10. The Kier molecular flexibility index (Phi) is 4.28. The molecule has 24 heavy (non-hydrogen) atoms. The smallest absolute Gasteiger partial charge is 0.352 e. The number of ether oxygens (including phenoxy) is 1. The average Bonchev–Trinajstić information content (AvgIpc) is 2.93. The van der Waals surface area contributed by atoms with Gasteiger partial charge in [0.25, 0.3) is 0 Å². The second-order valence-electron chi connectivity index (χ2n) is 5.26. The third-order valence-electron chi connectivity index (χ3n) is 3.82. The molecule has 3 aromatic rings. The maximum atomic E-state index is 11.6. The number of methoxy groups -OCH3 is 1. The number of carboxylic acids is 1. The van der Waals surface area contributed by atoms with E-state index in [-0.39, 0.29) is 5.69 Å². The first-order valence-electron chi connectivity index (χ1n) is 7.12. The third-order valence-corrected chi connectivity index (χ3v) is 4.31. The van der Waals surface area contributed by atoms with Gasteiger partial charge in [-0.1, -0.05) is 15.9 Å². The van der Waals surface area contributed by atoms with Crippen LogP contribution in [0.3, 0.4) is 0 Å². The number of rotatable bonds is 4. The molecule has 120 valence electrons. The topological polar surface area (TPSA) is 75.2 Å². The predicted molar refractivity (Wildman–Crippen MR) is 93.4 cm³/mol. The van der Waals surface area contributed by atoms with E-state index in [4.69, 9.17) is 10.00 Å². The number of hydrogen-bond acceptors (Lipinski definition) is 3. The van der Waals surface area contributed by atoms with Crippen LogP contribution >= 0.6 is 15.9 Å². The number of aromatic nitrogens is 1. The number of benzene rings is 2. The zero-order chi connectivity index (χ0) is 17.3. The zero-order valence-corrected chi connectivity index (χ0v) is 14.4. The van der Waals surface area contributed by atoms with Crippen molar-refractivity contribution in [3.63, 3.8) is 0 Å². The SMILES string of the molecule is COc1ccc(Br)cc1Cn1c(C(=O)O)cc2cc(C#N)ccc21. The predicted octanol–water partition coefficient (Wildman–Crippen LogP) is 4.03. The van der Waals surface area contributed by atoms with Crippen LogP contribution in [0.2, 0.25) is 0 Å². The lowest BCUT2D eigenvalue weighted by atomic mass is 10.1. The number of nitrogens with zero attached hydrogens (tertiary/aromatic N) is 2. The van der Waals surface area contributed by atoms with Gasteiger partial charge in [0.15, 0.2) is 0 Å². The summed E-state index contributed by atoms with van der Waals surface area (Å²) in [4.78, 5) is 11.6. The first-order chi connectivity index (χ1) is 11.5. The molecule has 0 saturated heterocycles. The van der Waals surface area contributed by atoms with Gasteiger partial charge in [0.05, 0.1) is 25.3 Å². The van der Waals surface area contributed by atoms with Crippen molar-refractivity contribution in [3.8, 4) is 11.8 Å². The monoisotopic (exact) mass is 384 g/mol. The van der Waals surface area contributed by atoms with Crippen molar-refractivity contribution in [2.24, 2.45) is 0 Å². The highest BCUT2D eigenvalue weighted by Gasteiger charge is 2.17. The summed E-state index contributed by atoms with van der Waals surface area (Å²) in [5, 5.41) is 19.3. The Balaban J connectivity index is 2.18. The molecule has 0 radical (unpaired) electrons. The molecule has 6 heteroatoms. The number of nitriles is 1. The van der Waals surface area contributed by atoms with E-state index in [1.807, 2.05) is 18.2 Å². The average molecular weight is 385 g/mol. The van der Waals surface area contributed by atoms with Crippen molar-refractivity contribution in [1.29, 1.82) is 5.26 Å². The van der Waals surface area contributed by atoms with Crippen molar-refractivity contribution >= 4 is 32.8 Å². The van der Waals surface area contributed by atoms with Crippen LogP contribution < -0.4 is 4.74 Å². The Bertz CT molecular complexity index is 986. The standard InChI is InChI=1S/C18H13BrN2O3/c1-24-17-5-3-14(19)7-13(17)10-21-15-4-2-11(9-20)6-12(15)8-16(21)18(22)23/h2-8H,10H2,1H3,(H,22,23). The van der Waals surface area contributed by atoms with E-state index in [2.05, 4.69) is 22.0 Å². The van der Waals surface area contributed by atoms with Gasteiger partial charge < -0.3 is 14.4 Å². The molecule has 0 atom stereocenters. The summed E-state index contributed by atoms with van der Waals surface area (Å²) >= 11 is 3.43. The lowest BCUT2D eigenvalue weighted by Gasteiger charge is -2.13. The van der Waals surface area contributed by atoms with Crippen molar-refractivity contribution in [2.75, 3.05) is 7.11 Å². The molecule has 0 aliphatic rings. The van der Waals surface area contributed by atoms with Gasteiger partial charge in [-0.25, -0.2) is 4.79 Å². The van der Waals surface area contributed by atoms with Gasteiger partial charge >= 0.3 is 5.97 Å². The van der Waals surface area contributed by atoms with E-state index in [1.165, 1.54) is 0 Å². The van der Waals surface area contributed by atoms with Gasteiger partial charge in [-0.3, -0.25) is 0 Å². The molecule has 0 aliphatic heterocycles. The maximum absolute atomic E-state index is 11.6. The molecule has 0 spiro atoms. The van der Waals surface area contributed by atoms with Crippen LogP contribution in [0, 0.1) is 11.3 Å². The Morgan fingerprint density at radius 2 is 2.08 bits per heavy atom. The number of carboxylic acid groups (broad SMARTS) is 1. The summed E-state index contributed by atoms with van der Waals surface area (Å²) in [5.74, 6) is -0.330. The van der Waals surface area contributed by atoms with Crippen molar-refractivity contribution in [1.82, 2.24) is 4.57 Å². The summed E-state index contributed by atoms with van der Waals surface area (Å²) in [6.07, 6.45) is 0. The minimum atomic E-state index is -1.02. The molecule has 0 saturated carbocycles. The molecule has 1 heterocycles. The Morgan fingerprint density at radius 3 is 2.75 bits per heavy atom. The summed E-state index contributed by atoms with van der Waals surface area (Å²) in [5.41, 5.74) is 2.28. The molecular weight excluding hydrogens is 372 g/mol. The van der Waals surface area contributed by atoms with E-state index in [9.17, 15) is 9.90 Å². The lowest BCUT2D eigenvalue weighted by molar-refractivity contribution is 0.0686. The van der Waals surface area contributed by atoms with E-state index in [0.29, 0.717) is 17.9 Å². The van der Waals surface area contributed by atoms with Gasteiger partial charge in [0.2, 0.25) is 0 Å². The van der Waals surface area contributed by atoms with E-state index >= 15 is 0 Å². The number of carbonyl (C=O) groups is 1. The van der Waals surface area contributed by atoms with Crippen LogP contribution in [0.4, 0.5) is 0 Å². The van der Waals surface area contributed by atoms with Gasteiger partial charge in [-0.2, -0.15) is 5.26 Å². The van der Waals surface area contributed by atoms with E-state index in [1.54, 1.807) is 35.9 Å². The van der Waals surface area contributed by atoms with E-state index < -0.39 is 5.97 Å². The second kappa shape index (κ2) is 6.38. The normalized spacial score (nSPS) is 10.5. The quantitative estimate of drug-likeness (QED) is 0.736. The fraction of sp³-hybridized carbons (Fsp3) is 0.111. The fourth-order valence-corrected chi connectivity index (χ4v) is 3.14. The van der Waals surface area contributed by atoms with Crippen molar-refractivity contribution < 1.29 is 14.6 Å². The molecule has 0 amide bonds. The van der Waals surface area contributed by atoms with Crippen molar-refractivity contribution in [3.05, 3.63) is 63.8 Å². The van der Waals surface area contributed by atoms with Crippen LogP contribution in [0.5, 0.6) is 5.75 Å². The number of aromatic carboxylic acids is 1. The zero-order valence-electron chi connectivity index (χ0n) is 12.8. The first kappa shape index (κ1) is 16.1. The highest BCUT2D eigenvalue weighted by atomic mass is 79.9. The molecule has 0 aliphatic carbocycles. The molecule has 2 aromatic carbocycles. The van der Waals surface area contributed by atoms with Crippen LogP contribution in [0.25, 0.3) is 10.9 Å². The first-order valence-corrected chi connectivity index (χ1v) is 7.92. The largest absolute Gasteiger partial charge is 0.496 e. The van der Waals surface area contributed by atoms with Crippen LogP contribution in [-0.2, 0) is 6.54 Å². The van der Waals surface area contributed by atoms with Gasteiger partial charge in [0.1, 0.15) is 11.4 Å². The highest BCUT2D eigenvalue weighted by Crippen LogP contribution is 2.28. The Morgan fingerprint density at radius 1 is 1.29 bits per heavy atom. The van der Waals surface area contributed by atoms with Gasteiger partial charge in [-0.05, 0) is 42.5 Å². The molecule has 3 rings (SSSR count). The van der Waals surface area contributed by atoms with Crippen molar-refractivity contribution in [2.45, 2.75) is 6.54 Å². The van der Waals surface area contributed by atoms with Gasteiger partial charge in [-0.15, -0.1) is 0 Å². The summed E-state index contributed by atoms with van der Waals surface area (Å²) < 4.78 is 7.97. The van der Waals surface area contributed by atoms with Crippen LogP contribution in [-0.4, -0.2) is 22.8 Å². The molecule has 1 N–H and O–H groups in total. The number of halogens is 1. The molecule has 0 unspecified atom stereocenters. The Labute approximate surface area is 146 Å². The minimum absolute atomic E-state index is 0.169. The number of fused-ring (bicyclic) bond motifs is 1. The maximum Gasteiger partial charge on any atom is 0.352 e. The lowest BCUT2D eigenvalue weighted by Crippen LogP contribution is -2.10. The molecule has 0 bridgehead atoms. The summed E-state index contributed by atoms with van der Waals surface area (Å²) in [6, 6.07) is 14.4. The fourth-order valence-electron chi connectivity index (χ4n) is 2.73. The molecule has 5 nitrogen and oxygen atoms in total. The summed E-state index contributed by atoms with van der Waals surface area (Å²) in [7, 11) is 1.58. The summed E-state index contributed by atoms with van der Waals surface area (Å²) in [6.45, 7) is 0.347. The third kappa shape index (κ3) is 2.86. The van der Waals surface area contributed by atoms with Crippen LogP contribution in [0.1, 0.15) is 21.6 Å².